The van der Waals surface area contributed by atoms with E-state index in [4.69, 9.17) is 9.84 Å². The molecule has 0 bridgehead atoms. The Kier molecular flexibility index (Phi) is 3.57. The van der Waals surface area contributed by atoms with E-state index in [2.05, 4.69) is 5.10 Å². The average Bonchev–Trinajstić information content (AvgIpc) is 2.69. The minimum absolute atomic E-state index is 0.0609. The van der Waals surface area contributed by atoms with Crippen LogP contribution in [0, 0.1) is 0 Å². The average molecular weight is 267 g/mol. The van der Waals surface area contributed by atoms with Crippen LogP contribution in [0.3, 0.4) is 0 Å². The zero-order chi connectivity index (χ0) is 14.2. The Morgan fingerprint density at radius 1 is 1.37 bits per heavy atom. The predicted octanol–water partition coefficient (Wildman–Crippen LogP) is 0.368. The molecule has 2 rings (SSSR count). The van der Waals surface area contributed by atoms with Gasteiger partial charge in [-0.25, -0.2) is 4.79 Å². The van der Waals surface area contributed by atoms with Crippen molar-refractivity contribution in [3.63, 3.8) is 0 Å². The standard InChI is InChI=1S/C12H17N3O4/c1-7-5-15(6-8(2)19-7)11(16)10-9(12(17)18)4-13-14(10)3/h4,7-8H,5-6H2,1-3H3,(H,17,18)/t7-,8-/m1/s1. The highest BCUT2D eigenvalue weighted by Gasteiger charge is 2.31. The number of carboxylic acid groups (broad SMARTS) is 1. The minimum atomic E-state index is -1.15. The van der Waals surface area contributed by atoms with Gasteiger partial charge in [-0.1, -0.05) is 0 Å². The number of hydrogen-bond acceptors (Lipinski definition) is 4. The molecule has 2 atom stereocenters. The van der Waals surface area contributed by atoms with Crippen molar-refractivity contribution in [3.8, 4) is 0 Å². The third-order valence-corrected chi connectivity index (χ3v) is 3.08. The highest BCUT2D eigenvalue weighted by molar-refractivity contribution is 6.03. The molecule has 1 fully saturated rings. The number of rotatable bonds is 2. The van der Waals surface area contributed by atoms with Crippen LogP contribution in [0.5, 0.6) is 0 Å². The van der Waals surface area contributed by atoms with Crippen molar-refractivity contribution in [2.24, 2.45) is 7.05 Å². The number of aromatic carboxylic acids is 1. The monoisotopic (exact) mass is 267 g/mol. The van der Waals surface area contributed by atoms with Crippen LogP contribution in [-0.2, 0) is 11.8 Å². The molecule has 2 heterocycles. The van der Waals surface area contributed by atoms with E-state index in [0.717, 1.165) is 0 Å². The molecule has 19 heavy (non-hydrogen) atoms. The summed E-state index contributed by atoms with van der Waals surface area (Å²) in [7, 11) is 1.56. The van der Waals surface area contributed by atoms with Gasteiger partial charge in [0.25, 0.3) is 5.91 Å². The summed E-state index contributed by atoms with van der Waals surface area (Å²) >= 11 is 0. The van der Waals surface area contributed by atoms with Crippen LogP contribution in [0.2, 0.25) is 0 Å². The Hall–Kier alpha value is -1.89. The fraction of sp³-hybridized carbons (Fsp3) is 0.583. The summed E-state index contributed by atoms with van der Waals surface area (Å²) in [4.78, 5) is 25.2. The number of hydrogen-bond donors (Lipinski definition) is 1. The highest BCUT2D eigenvalue weighted by Crippen LogP contribution is 2.16. The SMILES string of the molecule is C[C@@H]1CN(C(=O)c2c(C(=O)O)cnn2C)C[C@@H](C)O1. The third-order valence-electron chi connectivity index (χ3n) is 3.08. The molecular weight excluding hydrogens is 250 g/mol. The lowest BCUT2D eigenvalue weighted by molar-refractivity contribution is -0.0588. The first-order chi connectivity index (χ1) is 8.90. The fourth-order valence-electron chi connectivity index (χ4n) is 2.34. The van der Waals surface area contributed by atoms with E-state index < -0.39 is 5.97 Å². The number of carbonyl (C=O) groups is 2. The summed E-state index contributed by atoms with van der Waals surface area (Å²) in [5, 5.41) is 12.9. The summed E-state index contributed by atoms with van der Waals surface area (Å²) in [6.45, 7) is 4.68. The molecule has 1 aliphatic rings. The first-order valence-corrected chi connectivity index (χ1v) is 6.10. The Bertz CT molecular complexity index is 501. The Balaban J connectivity index is 2.29. The molecule has 0 unspecified atom stereocenters. The maximum atomic E-state index is 12.4. The quantitative estimate of drug-likeness (QED) is 0.836. The van der Waals surface area contributed by atoms with Crippen LogP contribution in [-0.4, -0.2) is 57.0 Å². The second kappa shape index (κ2) is 5.00. The van der Waals surface area contributed by atoms with Crippen LogP contribution in [0.15, 0.2) is 6.20 Å². The second-order valence-corrected chi connectivity index (χ2v) is 4.80. The molecule has 0 spiro atoms. The predicted molar refractivity (Wildman–Crippen MR) is 66.1 cm³/mol. The number of amides is 1. The lowest BCUT2D eigenvalue weighted by atomic mass is 10.1. The normalized spacial score (nSPS) is 23.4. The molecule has 1 N–H and O–H groups in total. The van der Waals surface area contributed by atoms with Gasteiger partial charge in [-0.2, -0.15) is 5.10 Å². The maximum Gasteiger partial charge on any atom is 0.339 e. The lowest BCUT2D eigenvalue weighted by Crippen LogP contribution is -2.48. The van der Waals surface area contributed by atoms with Crippen LogP contribution in [0.25, 0.3) is 0 Å². The molecule has 1 aromatic heterocycles. The van der Waals surface area contributed by atoms with Crippen molar-refractivity contribution in [2.45, 2.75) is 26.1 Å². The third kappa shape index (κ3) is 2.60. The molecule has 0 saturated carbocycles. The van der Waals surface area contributed by atoms with Gasteiger partial charge in [0.2, 0.25) is 0 Å². The van der Waals surface area contributed by atoms with Crippen LogP contribution in [0.1, 0.15) is 34.7 Å². The topological polar surface area (TPSA) is 84.7 Å². The second-order valence-electron chi connectivity index (χ2n) is 4.80. The van der Waals surface area contributed by atoms with Crippen LogP contribution in [0.4, 0.5) is 0 Å². The van der Waals surface area contributed by atoms with Crippen molar-refractivity contribution in [1.82, 2.24) is 14.7 Å². The van der Waals surface area contributed by atoms with Gasteiger partial charge < -0.3 is 14.7 Å². The fourth-order valence-corrected chi connectivity index (χ4v) is 2.34. The number of morpholine rings is 1. The van der Waals surface area contributed by atoms with Crippen molar-refractivity contribution in [1.29, 1.82) is 0 Å². The zero-order valence-corrected chi connectivity index (χ0v) is 11.2. The van der Waals surface area contributed by atoms with Gasteiger partial charge in [0.15, 0.2) is 0 Å². The van der Waals surface area contributed by atoms with E-state index in [9.17, 15) is 9.59 Å². The number of aryl methyl sites for hydroxylation is 1. The molecule has 1 aromatic rings. The van der Waals surface area contributed by atoms with Gasteiger partial charge in [0.1, 0.15) is 11.3 Å². The Labute approximate surface area is 110 Å². The number of ether oxygens (including phenoxy) is 1. The molecule has 1 saturated heterocycles. The summed E-state index contributed by atoms with van der Waals surface area (Å²) < 4.78 is 6.86. The molecule has 104 valence electrons. The van der Waals surface area contributed by atoms with Gasteiger partial charge in [0.05, 0.1) is 18.4 Å². The number of carboxylic acids is 1. The zero-order valence-electron chi connectivity index (χ0n) is 11.2. The number of carbonyl (C=O) groups excluding carboxylic acids is 1. The summed E-state index contributed by atoms with van der Waals surface area (Å²) in [5.74, 6) is -1.47. The molecule has 0 aromatic carbocycles. The molecule has 1 aliphatic heterocycles. The van der Waals surface area contributed by atoms with E-state index in [1.807, 2.05) is 13.8 Å². The molecule has 1 amide bonds. The van der Waals surface area contributed by atoms with E-state index in [1.54, 1.807) is 11.9 Å². The lowest BCUT2D eigenvalue weighted by Gasteiger charge is -2.35. The van der Waals surface area contributed by atoms with E-state index in [-0.39, 0.29) is 29.4 Å². The largest absolute Gasteiger partial charge is 0.478 e. The number of nitrogens with zero attached hydrogens (tertiary/aromatic N) is 3. The molecule has 0 aliphatic carbocycles. The summed E-state index contributed by atoms with van der Waals surface area (Å²) in [6.07, 6.45) is 1.08. The smallest absolute Gasteiger partial charge is 0.339 e. The molecule has 0 radical (unpaired) electrons. The molecular formula is C12H17N3O4. The molecule has 7 heteroatoms. The highest BCUT2D eigenvalue weighted by atomic mass is 16.5. The van der Waals surface area contributed by atoms with Crippen molar-refractivity contribution < 1.29 is 19.4 Å². The first-order valence-electron chi connectivity index (χ1n) is 6.10. The first kappa shape index (κ1) is 13.5. The van der Waals surface area contributed by atoms with Crippen molar-refractivity contribution in [3.05, 3.63) is 17.5 Å². The molecule has 7 nitrogen and oxygen atoms in total. The van der Waals surface area contributed by atoms with E-state index >= 15 is 0 Å². The van der Waals surface area contributed by atoms with E-state index in [0.29, 0.717) is 13.1 Å². The maximum absolute atomic E-state index is 12.4. The van der Waals surface area contributed by atoms with Gasteiger partial charge in [-0.05, 0) is 13.8 Å². The summed E-state index contributed by atoms with van der Waals surface area (Å²) in [6, 6.07) is 0. The van der Waals surface area contributed by atoms with Crippen molar-refractivity contribution >= 4 is 11.9 Å². The van der Waals surface area contributed by atoms with Gasteiger partial charge >= 0.3 is 5.97 Å². The number of aromatic nitrogens is 2. The van der Waals surface area contributed by atoms with E-state index in [1.165, 1.54) is 10.9 Å². The Morgan fingerprint density at radius 3 is 2.47 bits per heavy atom. The van der Waals surface area contributed by atoms with Crippen LogP contribution < -0.4 is 0 Å². The van der Waals surface area contributed by atoms with Crippen LogP contribution >= 0.6 is 0 Å². The minimum Gasteiger partial charge on any atom is -0.478 e. The summed E-state index contributed by atoms with van der Waals surface area (Å²) in [5.41, 5.74) is 0.0353. The van der Waals surface area contributed by atoms with Gasteiger partial charge in [-0.3, -0.25) is 9.48 Å². The van der Waals surface area contributed by atoms with Crippen molar-refractivity contribution in [2.75, 3.05) is 13.1 Å². The van der Waals surface area contributed by atoms with Gasteiger partial charge in [-0.15, -0.1) is 0 Å². The van der Waals surface area contributed by atoms with Gasteiger partial charge in [0, 0.05) is 20.1 Å². The Morgan fingerprint density at radius 2 is 1.95 bits per heavy atom.